The Morgan fingerprint density at radius 2 is 1.74 bits per heavy atom. The lowest BCUT2D eigenvalue weighted by atomic mass is 10.1. The summed E-state index contributed by atoms with van der Waals surface area (Å²) in [5, 5.41) is 14.5. The molecule has 1 unspecified atom stereocenters. The minimum atomic E-state index is -0.833. The standard InChI is InChI=1S/C14H27N3O2.C2H4O2/c1-14(2,3)19-13(18)17-9-6-12(10-17)16-11-4-7-15-8-5-11;1-2(3)4/h11-12,15-16H,4-10H2,1-3H3;1H3,(H,3,4). The molecule has 134 valence electrons. The van der Waals surface area contributed by atoms with E-state index in [1.54, 1.807) is 0 Å². The summed E-state index contributed by atoms with van der Waals surface area (Å²) >= 11 is 0. The lowest BCUT2D eigenvalue weighted by Gasteiger charge is -2.27. The predicted molar refractivity (Wildman–Crippen MR) is 88.5 cm³/mol. The van der Waals surface area contributed by atoms with Crippen molar-refractivity contribution < 1.29 is 19.4 Å². The summed E-state index contributed by atoms with van der Waals surface area (Å²) in [6, 6.07) is 1.03. The van der Waals surface area contributed by atoms with Crippen LogP contribution in [-0.4, -0.2) is 65.9 Å². The molecule has 1 amide bonds. The van der Waals surface area contributed by atoms with Crippen molar-refractivity contribution in [2.24, 2.45) is 0 Å². The van der Waals surface area contributed by atoms with E-state index in [1.807, 2.05) is 25.7 Å². The molecule has 0 aliphatic carbocycles. The first kappa shape index (κ1) is 19.7. The molecule has 2 saturated heterocycles. The van der Waals surface area contributed by atoms with Crippen LogP contribution in [0.4, 0.5) is 4.79 Å². The number of nitrogens with one attached hydrogen (secondary N) is 2. The molecule has 0 radical (unpaired) electrons. The van der Waals surface area contributed by atoms with Crippen molar-refractivity contribution in [3.05, 3.63) is 0 Å². The largest absolute Gasteiger partial charge is 0.481 e. The van der Waals surface area contributed by atoms with Crippen LogP contribution in [-0.2, 0) is 9.53 Å². The van der Waals surface area contributed by atoms with Crippen LogP contribution in [0.15, 0.2) is 0 Å². The second kappa shape index (κ2) is 9.08. The fourth-order valence-corrected chi connectivity index (χ4v) is 2.71. The normalized spacial score (nSPS) is 22.3. The van der Waals surface area contributed by atoms with Crippen molar-refractivity contribution in [1.29, 1.82) is 0 Å². The summed E-state index contributed by atoms with van der Waals surface area (Å²) in [5.41, 5.74) is -0.405. The quantitative estimate of drug-likeness (QED) is 0.710. The number of hydrogen-bond donors (Lipinski definition) is 3. The highest BCUT2D eigenvalue weighted by molar-refractivity contribution is 5.68. The van der Waals surface area contributed by atoms with Gasteiger partial charge in [0.25, 0.3) is 5.97 Å². The number of ether oxygens (including phenoxy) is 1. The molecular weight excluding hydrogens is 298 g/mol. The summed E-state index contributed by atoms with van der Waals surface area (Å²) < 4.78 is 5.41. The molecule has 2 fully saturated rings. The Kier molecular flexibility index (Phi) is 7.78. The molecule has 2 heterocycles. The fourth-order valence-electron chi connectivity index (χ4n) is 2.71. The first-order chi connectivity index (χ1) is 10.7. The van der Waals surface area contributed by atoms with E-state index in [2.05, 4.69) is 10.6 Å². The molecule has 7 nitrogen and oxygen atoms in total. The zero-order chi connectivity index (χ0) is 17.5. The first-order valence-corrected chi connectivity index (χ1v) is 8.31. The molecule has 2 aliphatic rings. The van der Waals surface area contributed by atoms with Crippen LogP contribution < -0.4 is 10.6 Å². The average molecular weight is 329 g/mol. The maximum absolute atomic E-state index is 12.0. The predicted octanol–water partition coefficient (Wildman–Crippen LogP) is 1.43. The van der Waals surface area contributed by atoms with E-state index < -0.39 is 11.6 Å². The lowest BCUT2D eigenvalue weighted by molar-refractivity contribution is -0.134. The monoisotopic (exact) mass is 329 g/mol. The van der Waals surface area contributed by atoms with Gasteiger partial charge in [0.1, 0.15) is 5.60 Å². The summed E-state index contributed by atoms with van der Waals surface area (Å²) in [7, 11) is 0. The van der Waals surface area contributed by atoms with Gasteiger partial charge in [0, 0.05) is 32.1 Å². The zero-order valence-electron chi connectivity index (χ0n) is 14.7. The lowest BCUT2D eigenvalue weighted by Crippen LogP contribution is -2.46. The molecule has 0 aromatic rings. The number of carbonyl (C=O) groups excluding carboxylic acids is 1. The van der Waals surface area contributed by atoms with Gasteiger partial charge in [0.2, 0.25) is 0 Å². The van der Waals surface area contributed by atoms with Gasteiger partial charge in [0.15, 0.2) is 0 Å². The van der Waals surface area contributed by atoms with Crippen LogP contribution in [0, 0.1) is 0 Å². The van der Waals surface area contributed by atoms with E-state index in [0.717, 1.165) is 39.5 Å². The number of rotatable bonds is 2. The van der Waals surface area contributed by atoms with E-state index in [-0.39, 0.29) is 6.09 Å². The highest BCUT2D eigenvalue weighted by Crippen LogP contribution is 2.16. The third-order valence-electron chi connectivity index (χ3n) is 3.65. The van der Waals surface area contributed by atoms with Crippen molar-refractivity contribution in [2.45, 2.75) is 64.6 Å². The molecule has 7 heteroatoms. The number of aliphatic carboxylic acids is 1. The van der Waals surface area contributed by atoms with Crippen LogP contribution in [0.25, 0.3) is 0 Å². The molecular formula is C16H31N3O4. The molecule has 0 bridgehead atoms. The maximum Gasteiger partial charge on any atom is 0.410 e. The van der Waals surface area contributed by atoms with E-state index in [9.17, 15) is 4.79 Å². The van der Waals surface area contributed by atoms with Gasteiger partial charge >= 0.3 is 6.09 Å². The Bertz CT molecular complexity index is 385. The van der Waals surface area contributed by atoms with Crippen molar-refractivity contribution in [2.75, 3.05) is 26.2 Å². The van der Waals surface area contributed by atoms with Gasteiger partial charge in [0.05, 0.1) is 0 Å². The third kappa shape index (κ3) is 8.76. The summed E-state index contributed by atoms with van der Waals surface area (Å²) in [4.78, 5) is 22.8. The van der Waals surface area contributed by atoms with E-state index in [1.165, 1.54) is 12.8 Å². The average Bonchev–Trinajstić information content (AvgIpc) is 2.86. The second-order valence-electron chi connectivity index (χ2n) is 7.12. The summed E-state index contributed by atoms with van der Waals surface area (Å²) in [6.45, 7) is 10.6. The van der Waals surface area contributed by atoms with Crippen molar-refractivity contribution in [3.8, 4) is 0 Å². The van der Waals surface area contributed by atoms with Gasteiger partial charge in [-0.15, -0.1) is 0 Å². The molecule has 3 N–H and O–H groups in total. The first-order valence-electron chi connectivity index (χ1n) is 8.31. The van der Waals surface area contributed by atoms with Gasteiger partial charge in [-0.25, -0.2) is 4.79 Å². The van der Waals surface area contributed by atoms with E-state index in [4.69, 9.17) is 14.6 Å². The molecule has 2 aliphatic heterocycles. The van der Waals surface area contributed by atoms with Crippen molar-refractivity contribution in [1.82, 2.24) is 15.5 Å². The van der Waals surface area contributed by atoms with Gasteiger partial charge in [-0.2, -0.15) is 0 Å². The molecule has 0 aromatic heterocycles. The van der Waals surface area contributed by atoms with Crippen LogP contribution in [0.2, 0.25) is 0 Å². The SMILES string of the molecule is CC(=O)O.CC(C)(C)OC(=O)N1CCC(NC2CCNCC2)C1. The number of likely N-dealkylation sites (tertiary alicyclic amines) is 1. The minimum absolute atomic E-state index is 0.179. The Hall–Kier alpha value is -1.34. The fraction of sp³-hybridized carbons (Fsp3) is 0.875. The number of amides is 1. The smallest absolute Gasteiger partial charge is 0.410 e. The molecule has 1 atom stereocenters. The molecule has 2 rings (SSSR count). The Balaban J connectivity index is 0.000000593. The number of nitrogens with zero attached hydrogens (tertiary/aromatic N) is 1. The third-order valence-corrected chi connectivity index (χ3v) is 3.65. The summed E-state index contributed by atoms with van der Waals surface area (Å²) in [6.07, 6.45) is 3.22. The Labute approximate surface area is 138 Å². The number of carbonyl (C=O) groups is 2. The second-order valence-corrected chi connectivity index (χ2v) is 7.12. The summed E-state index contributed by atoms with van der Waals surface area (Å²) in [5.74, 6) is -0.833. The Morgan fingerprint density at radius 1 is 1.17 bits per heavy atom. The highest BCUT2D eigenvalue weighted by atomic mass is 16.6. The molecule has 0 saturated carbocycles. The van der Waals surface area contributed by atoms with Gasteiger partial charge in [-0.05, 0) is 53.1 Å². The van der Waals surface area contributed by atoms with Crippen molar-refractivity contribution >= 4 is 12.1 Å². The molecule has 0 aromatic carbocycles. The van der Waals surface area contributed by atoms with Crippen LogP contribution >= 0.6 is 0 Å². The topological polar surface area (TPSA) is 90.9 Å². The molecule has 23 heavy (non-hydrogen) atoms. The zero-order valence-corrected chi connectivity index (χ0v) is 14.7. The number of carboxylic acids is 1. The van der Waals surface area contributed by atoms with Crippen LogP contribution in [0.1, 0.15) is 47.0 Å². The highest BCUT2D eigenvalue weighted by Gasteiger charge is 2.30. The number of carboxylic acid groups (broad SMARTS) is 1. The maximum atomic E-state index is 12.0. The van der Waals surface area contributed by atoms with Gasteiger partial charge < -0.3 is 25.4 Å². The van der Waals surface area contributed by atoms with Gasteiger partial charge in [-0.3, -0.25) is 4.79 Å². The molecule has 0 spiro atoms. The van der Waals surface area contributed by atoms with Crippen LogP contribution in [0.3, 0.4) is 0 Å². The Morgan fingerprint density at radius 3 is 2.26 bits per heavy atom. The van der Waals surface area contributed by atoms with Crippen LogP contribution in [0.5, 0.6) is 0 Å². The van der Waals surface area contributed by atoms with Crippen molar-refractivity contribution in [3.63, 3.8) is 0 Å². The van der Waals surface area contributed by atoms with E-state index >= 15 is 0 Å². The number of hydrogen-bond acceptors (Lipinski definition) is 5. The van der Waals surface area contributed by atoms with E-state index in [0.29, 0.717) is 12.1 Å². The minimum Gasteiger partial charge on any atom is -0.481 e. The van der Waals surface area contributed by atoms with Gasteiger partial charge in [-0.1, -0.05) is 0 Å². The number of piperidine rings is 1.